The van der Waals surface area contributed by atoms with Crippen LogP contribution in [0.25, 0.3) is 11.4 Å². The molecule has 1 N–H and O–H groups in total. The number of nitrogens with zero attached hydrogens (tertiary/aromatic N) is 7. The highest BCUT2D eigenvalue weighted by atomic mass is 32.2. The van der Waals surface area contributed by atoms with Crippen LogP contribution in [0, 0.1) is 0 Å². The van der Waals surface area contributed by atoms with E-state index in [1.807, 2.05) is 41.8 Å². The van der Waals surface area contributed by atoms with E-state index in [0.29, 0.717) is 41.1 Å². The summed E-state index contributed by atoms with van der Waals surface area (Å²) in [5.41, 5.74) is 2.02. The van der Waals surface area contributed by atoms with Crippen molar-refractivity contribution in [3.63, 3.8) is 0 Å². The van der Waals surface area contributed by atoms with E-state index >= 15 is 0 Å². The van der Waals surface area contributed by atoms with Gasteiger partial charge in [0.1, 0.15) is 6.54 Å². The zero-order valence-corrected chi connectivity index (χ0v) is 19.0. The molecule has 0 bridgehead atoms. The highest BCUT2D eigenvalue weighted by Crippen LogP contribution is 2.19. The normalized spacial score (nSPS) is 10.8. The Morgan fingerprint density at radius 3 is 2.61 bits per heavy atom. The molecular formula is C22H22N8O2S. The van der Waals surface area contributed by atoms with Crippen LogP contribution in [0.5, 0.6) is 0 Å². The molecule has 0 fully saturated rings. The molecule has 0 spiro atoms. The van der Waals surface area contributed by atoms with Gasteiger partial charge in [0.2, 0.25) is 11.7 Å². The minimum atomic E-state index is -0.196. The monoisotopic (exact) mass is 462 g/mol. The van der Waals surface area contributed by atoms with Gasteiger partial charge in [-0.15, -0.1) is 20.4 Å². The summed E-state index contributed by atoms with van der Waals surface area (Å²) in [5.74, 6) is 1.12. The Morgan fingerprint density at radius 1 is 1.03 bits per heavy atom. The number of Topliss-reactive ketones (excluding diaryl/α,β-unsaturated/α-hetero) is 1. The second kappa shape index (κ2) is 10.2. The summed E-state index contributed by atoms with van der Waals surface area (Å²) in [7, 11) is 0. The van der Waals surface area contributed by atoms with Gasteiger partial charge < -0.3 is 9.88 Å². The largest absolute Gasteiger partial charge is 0.325 e. The van der Waals surface area contributed by atoms with Crippen LogP contribution in [0.1, 0.15) is 30.0 Å². The summed E-state index contributed by atoms with van der Waals surface area (Å²) in [5, 5.41) is 24.6. The van der Waals surface area contributed by atoms with Crippen molar-refractivity contribution < 1.29 is 9.59 Å². The first-order valence-electron chi connectivity index (χ1n) is 10.3. The van der Waals surface area contributed by atoms with Gasteiger partial charge in [-0.05, 0) is 31.2 Å². The topological polar surface area (TPSA) is 120 Å². The van der Waals surface area contributed by atoms with Crippen LogP contribution < -0.4 is 5.32 Å². The van der Waals surface area contributed by atoms with Crippen LogP contribution >= 0.6 is 11.8 Å². The average molecular weight is 463 g/mol. The summed E-state index contributed by atoms with van der Waals surface area (Å²) < 4.78 is 1.92. The van der Waals surface area contributed by atoms with E-state index in [0.717, 1.165) is 5.56 Å². The second-order valence-corrected chi connectivity index (χ2v) is 8.07. The predicted molar refractivity (Wildman–Crippen MR) is 124 cm³/mol. The van der Waals surface area contributed by atoms with Gasteiger partial charge in [-0.2, -0.15) is 4.80 Å². The third kappa shape index (κ3) is 5.50. The number of rotatable bonds is 9. The number of aromatic nitrogens is 7. The highest BCUT2D eigenvalue weighted by Gasteiger charge is 2.15. The number of tetrazole rings is 1. The molecule has 0 saturated heterocycles. The Morgan fingerprint density at radius 2 is 1.85 bits per heavy atom. The molecule has 0 unspecified atom stereocenters. The number of thioether (sulfide) groups is 1. The van der Waals surface area contributed by atoms with Crippen molar-refractivity contribution in [2.75, 3.05) is 11.1 Å². The Hall–Kier alpha value is -3.86. The molecule has 11 heteroatoms. The summed E-state index contributed by atoms with van der Waals surface area (Å²) in [4.78, 5) is 25.4. The van der Waals surface area contributed by atoms with Crippen LogP contribution in [0.2, 0.25) is 0 Å². The van der Waals surface area contributed by atoms with E-state index in [9.17, 15) is 9.59 Å². The van der Waals surface area contributed by atoms with Crippen LogP contribution in [-0.2, 0) is 17.9 Å². The lowest BCUT2D eigenvalue weighted by molar-refractivity contribution is -0.113. The van der Waals surface area contributed by atoms with Gasteiger partial charge in [0, 0.05) is 23.4 Å². The molecule has 0 radical (unpaired) electrons. The number of hydrogen-bond acceptors (Lipinski definition) is 8. The molecular weight excluding hydrogens is 440 g/mol. The predicted octanol–water partition coefficient (Wildman–Crippen LogP) is 2.93. The van der Waals surface area contributed by atoms with Crippen LogP contribution in [0.3, 0.4) is 0 Å². The Labute approximate surface area is 194 Å². The Bertz CT molecular complexity index is 1270. The van der Waals surface area contributed by atoms with Crippen molar-refractivity contribution in [2.45, 2.75) is 32.1 Å². The molecule has 0 saturated carbocycles. The number of hydrogen-bond donors (Lipinski definition) is 1. The van der Waals surface area contributed by atoms with Gasteiger partial charge in [0.15, 0.2) is 16.8 Å². The lowest BCUT2D eigenvalue weighted by Crippen LogP contribution is -2.15. The number of ketones is 1. The number of nitrogens with one attached hydrogen (secondary N) is 1. The Kier molecular flexibility index (Phi) is 6.89. The van der Waals surface area contributed by atoms with Crippen LogP contribution in [0.4, 0.5) is 5.69 Å². The average Bonchev–Trinajstić information content (AvgIpc) is 3.45. The molecule has 168 valence electrons. The van der Waals surface area contributed by atoms with E-state index in [-0.39, 0.29) is 17.4 Å². The number of carbonyl (C=O) groups is 2. The molecule has 1 amide bonds. The summed E-state index contributed by atoms with van der Waals surface area (Å²) in [6.45, 7) is 4.41. The molecule has 10 nitrogen and oxygen atoms in total. The first-order chi connectivity index (χ1) is 16.0. The van der Waals surface area contributed by atoms with Crippen molar-refractivity contribution in [1.29, 1.82) is 0 Å². The zero-order valence-electron chi connectivity index (χ0n) is 18.2. The van der Waals surface area contributed by atoms with E-state index in [4.69, 9.17) is 0 Å². The molecule has 2 aromatic heterocycles. The molecule has 0 aliphatic heterocycles. The smallest absolute Gasteiger partial charge is 0.234 e. The fraction of sp³-hybridized carbons (Fsp3) is 0.227. The molecule has 2 aromatic carbocycles. The molecule has 0 atom stereocenters. The van der Waals surface area contributed by atoms with Crippen LogP contribution in [-0.4, -0.2) is 52.4 Å². The number of benzene rings is 2. The number of carbonyl (C=O) groups excluding carboxylic acids is 2. The van der Waals surface area contributed by atoms with E-state index < -0.39 is 0 Å². The standard InChI is InChI=1S/C22H22N8O2S/c1-3-29-19(13-30-27-21(25-28-30)16-8-5-4-6-9-16)24-26-22(29)33-14-20(32)23-18-11-7-10-17(12-18)15(2)31/h4-12H,3,13-14H2,1-2H3,(H,23,32). The molecule has 0 aliphatic carbocycles. The fourth-order valence-corrected chi connectivity index (χ4v) is 3.96. The summed E-state index contributed by atoms with van der Waals surface area (Å²) >= 11 is 1.29. The number of amides is 1. The fourth-order valence-electron chi connectivity index (χ4n) is 3.14. The van der Waals surface area contributed by atoms with Gasteiger partial charge in [0.05, 0.1) is 5.75 Å². The maximum Gasteiger partial charge on any atom is 0.234 e. The van der Waals surface area contributed by atoms with Gasteiger partial charge in [-0.3, -0.25) is 9.59 Å². The molecule has 2 heterocycles. The minimum absolute atomic E-state index is 0.0539. The second-order valence-electron chi connectivity index (χ2n) is 7.13. The summed E-state index contributed by atoms with van der Waals surface area (Å²) in [6.07, 6.45) is 0. The lowest BCUT2D eigenvalue weighted by atomic mass is 10.1. The lowest BCUT2D eigenvalue weighted by Gasteiger charge is -2.08. The Balaban J connectivity index is 1.39. The molecule has 4 aromatic rings. The molecule has 4 rings (SSSR count). The van der Waals surface area contributed by atoms with E-state index in [1.165, 1.54) is 23.5 Å². The molecule has 33 heavy (non-hydrogen) atoms. The van der Waals surface area contributed by atoms with Crippen molar-refractivity contribution >= 4 is 29.1 Å². The van der Waals surface area contributed by atoms with Crippen molar-refractivity contribution in [1.82, 2.24) is 35.0 Å². The van der Waals surface area contributed by atoms with Gasteiger partial charge in [-0.1, -0.05) is 54.2 Å². The third-order valence-electron chi connectivity index (χ3n) is 4.76. The maximum absolute atomic E-state index is 12.4. The highest BCUT2D eigenvalue weighted by molar-refractivity contribution is 7.99. The zero-order chi connectivity index (χ0) is 23.2. The minimum Gasteiger partial charge on any atom is -0.325 e. The molecule has 0 aliphatic rings. The first-order valence-corrected chi connectivity index (χ1v) is 11.3. The van der Waals surface area contributed by atoms with Gasteiger partial charge in [-0.25, -0.2) is 0 Å². The summed E-state index contributed by atoms with van der Waals surface area (Å²) in [6, 6.07) is 16.5. The number of anilines is 1. The quantitative estimate of drug-likeness (QED) is 0.298. The van der Waals surface area contributed by atoms with Crippen molar-refractivity contribution in [3.8, 4) is 11.4 Å². The third-order valence-corrected chi connectivity index (χ3v) is 5.73. The van der Waals surface area contributed by atoms with Crippen molar-refractivity contribution in [3.05, 3.63) is 66.0 Å². The van der Waals surface area contributed by atoms with Gasteiger partial charge >= 0.3 is 0 Å². The van der Waals surface area contributed by atoms with Crippen LogP contribution in [0.15, 0.2) is 59.8 Å². The van der Waals surface area contributed by atoms with Gasteiger partial charge in [0.25, 0.3) is 0 Å². The van der Waals surface area contributed by atoms with E-state index in [1.54, 1.807) is 24.3 Å². The van der Waals surface area contributed by atoms with E-state index in [2.05, 4.69) is 30.9 Å². The SMILES string of the molecule is CCn1c(Cn2nnc(-c3ccccc3)n2)nnc1SCC(=O)Nc1cccc(C(C)=O)c1. The first kappa shape index (κ1) is 22.3. The maximum atomic E-state index is 12.4. The van der Waals surface area contributed by atoms with Crippen molar-refractivity contribution in [2.24, 2.45) is 0 Å².